The van der Waals surface area contributed by atoms with Gasteiger partial charge in [-0.1, -0.05) is 39.0 Å². The van der Waals surface area contributed by atoms with Gasteiger partial charge in [0.05, 0.1) is 18.1 Å². The number of benzene rings is 2. The maximum absolute atomic E-state index is 5.38. The molecule has 0 radical (unpaired) electrons. The minimum Gasteiger partial charge on any atom is -0.496 e. The molecule has 0 aliphatic rings. The molecule has 3 aromatic rings. The number of fused-ring (bicyclic) bond motifs is 1. The number of H-pyrrole nitrogens is 1. The Kier molecular flexibility index (Phi) is 3.44. The zero-order chi connectivity index (χ0) is 15.9. The molecular weight excluding hydrogens is 272 g/mol. The first-order chi connectivity index (χ1) is 10.4. The number of ether oxygens (including phenoxy) is 1. The van der Waals surface area contributed by atoms with Crippen molar-refractivity contribution in [1.82, 2.24) is 9.97 Å². The molecule has 3 heteroatoms. The van der Waals surface area contributed by atoms with E-state index in [0.717, 1.165) is 33.7 Å². The topological polar surface area (TPSA) is 37.9 Å². The van der Waals surface area contributed by atoms with E-state index in [0.29, 0.717) is 0 Å². The van der Waals surface area contributed by atoms with Crippen molar-refractivity contribution in [2.75, 3.05) is 7.11 Å². The third kappa shape index (κ3) is 2.47. The summed E-state index contributed by atoms with van der Waals surface area (Å²) in [6.07, 6.45) is 0. The number of nitrogens with one attached hydrogen (secondary N) is 1. The van der Waals surface area contributed by atoms with Gasteiger partial charge in [-0.05, 0) is 36.1 Å². The van der Waals surface area contributed by atoms with Crippen LogP contribution in [0.25, 0.3) is 22.4 Å². The lowest BCUT2D eigenvalue weighted by Crippen LogP contribution is -2.10. The molecule has 0 saturated carbocycles. The molecule has 1 heterocycles. The molecule has 3 rings (SSSR count). The number of methoxy groups -OCH3 is 1. The van der Waals surface area contributed by atoms with Crippen molar-refractivity contribution in [2.45, 2.75) is 33.1 Å². The van der Waals surface area contributed by atoms with E-state index in [1.54, 1.807) is 7.11 Å². The minimum absolute atomic E-state index is 0.126. The summed E-state index contributed by atoms with van der Waals surface area (Å²) in [4.78, 5) is 8.19. The average molecular weight is 294 g/mol. The highest BCUT2D eigenvalue weighted by Crippen LogP contribution is 2.30. The number of hydrogen-bond acceptors (Lipinski definition) is 2. The molecule has 0 spiro atoms. The summed E-state index contributed by atoms with van der Waals surface area (Å²) in [5, 5.41) is 0. The van der Waals surface area contributed by atoms with Crippen LogP contribution < -0.4 is 4.74 Å². The van der Waals surface area contributed by atoms with Gasteiger partial charge in [-0.15, -0.1) is 0 Å². The second-order valence-electron chi connectivity index (χ2n) is 6.71. The van der Waals surface area contributed by atoms with E-state index < -0.39 is 0 Å². The average Bonchev–Trinajstić information content (AvgIpc) is 2.92. The maximum atomic E-state index is 5.38. The predicted molar refractivity (Wildman–Crippen MR) is 91.5 cm³/mol. The van der Waals surface area contributed by atoms with Crippen molar-refractivity contribution >= 4 is 11.0 Å². The van der Waals surface area contributed by atoms with E-state index in [1.807, 2.05) is 19.1 Å². The lowest BCUT2D eigenvalue weighted by molar-refractivity contribution is 0.412. The van der Waals surface area contributed by atoms with Crippen molar-refractivity contribution in [3.05, 3.63) is 47.5 Å². The van der Waals surface area contributed by atoms with Gasteiger partial charge in [-0.25, -0.2) is 4.98 Å². The number of aryl methyl sites for hydroxylation is 1. The molecule has 0 aliphatic carbocycles. The Morgan fingerprint density at radius 1 is 1.09 bits per heavy atom. The third-order valence-electron chi connectivity index (χ3n) is 4.08. The normalized spacial score (nSPS) is 11.9. The number of nitrogens with zero attached hydrogens (tertiary/aromatic N) is 1. The molecule has 22 heavy (non-hydrogen) atoms. The Bertz CT molecular complexity index is 825. The summed E-state index contributed by atoms with van der Waals surface area (Å²) in [5.41, 5.74) is 5.61. The summed E-state index contributed by atoms with van der Waals surface area (Å²) in [6.45, 7) is 8.71. The van der Waals surface area contributed by atoms with Gasteiger partial charge in [0, 0.05) is 11.1 Å². The van der Waals surface area contributed by atoms with Gasteiger partial charge in [0.2, 0.25) is 0 Å². The molecule has 0 aliphatic heterocycles. The summed E-state index contributed by atoms with van der Waals surface area (Å²) < 4.78 is 5.38. The molecule has 0 fully saturated rings. The summed E-state index contributed by atoms with van der Waals surface area (Å²) in [6, 6.07) is 12.6. The van der Waals surface area contributed by atoms with Crippen LogP contribution in [-0.2, 0) is 5.41 Å². The Labute approximate surface area is 131 Å². The van der Waals surface area contributed by atoms with Crippen LogP contribution in [0, 0.1) is 6.92 Å². The molecule has 114 valence electrons. The lowest BCUT2D eigenvalue weighted by Gasteiger charge is -2.19. The molecule has 0 unspecified atom stereocenters. The Morgan fingerprint density at radius 3 is 2.55 bits per heavy atom. The number of imidazole rings is 1. The van der Waals surface area contributed by atoms with Gasteiger partial charge in [0.25, 0.3) is 0 Å². The molecule has 0 amide bonds. The van der Waals surface area contributed by atoms with Gasteiger partial charge < -0.3 is 9.72 Å². The van der Waals surface area contributed by atoms with Gasteiger partial charge in [-0.2, -0.15) is 0 Å². The first-order valence-corrected chi connectivity index (χ1v) is 7.54. The van der Waals surface area contributed by atoms with E-state index in [4.69, 9.17) is 9.72 Å². The number of aromatic amines is 1. The van der Waals surface area contributed by atoms with Gasteiger partial charge in [0.1, 0.15) is 11.6 Å². The first kappa shape index (κ1) is 14.6. The maximum Gasteiger partial charge on any atom is 0.138 e. The largest absolute Gasteiger partial charge is 0.496 e. The molecule has 1 N–H and O–H groups in total. The van der Waals surface area contributed by atoms with Crippen LogP contribution in [-0.4, -0.2) is 17.1 Å². The van der Waals surface area contributed by atoms with Crippen LogP contribution in [0.4, 0.5) is 0 Å². The van der Waals surface area contributed by atoms with Crippen LogP contribution in [0.15, 0.2) is 36.4 Å². The fourth-order valence-electron chi connectivity index (χ4n) is 2.68. The van der Waals surface area contributed by atoms with Crippen LogP contribution in [0.5, 0.6) is 5.75 Å². The second kappa shape index (κ2) is 5.16. The van der Waals surface area contributed by atoms with E-state index in [1.165, 1.54) is 5.56 Å². The van der Waals surface area contributed by atoms with E-state index >= 15 is 0 Å². The zero-order valence-corrected chi connectivity index (χ0v) is 13.8. The summed E-state index contributed by atoms with van der Waals surface area (Å²) in [5.74, 6) is 1.77. The van der Waals surface area contributed by atoms with E-state index in [9.17, 15) is 0 Å². The highest BCUT2D eigenvalue weighted by Gasteiger charge is 2.15. The van der Waals surface area contributed by atoms with Crippen LogP contribution in [0.2, 0.25) is 0 Å². The highest BCUT2D eigenvalue weighted by atomic mass is 16.5. The standard InChI is InChI=1S/C19H22N2O/c1-12-16(22-5)10-9-15-17(12)21-18(20-15)13-7-6-8-14(11-13)19(2,3)4/h6-11H,1-5H3,(H,20,21). The molecule has 3 nitrogen and oxygen atoms in total. The smallest absolute Gasteiger partial charge is 0.138 e. The summed E-state index contributed by atoms with van der Waals surface area (Å²) in [7, 11) is 1.69. The SMILES string of the molecule is COc1ccc2[nH]c(-c3cccc(C(C)(C)C)c3)nc2c1C. The van der Waals surface area contributed by atoms with Crippen molar-refractivity contribution in [3.63, 3.8) is 0 Å². The van der Waals surface area contributed by atoms with Gasteiger partial charge in [-0.3, -0.25) is 0 Å². The lowest BCUT2D eigenvalue weighted by atomic mass is 9.86. The Balaban J connectivity index is 2.13. The zero-order valence-electron chi connectivity index (χ0n) is 13.8. The molecule has 0 saturated heterocycles. The molecule has 1 aromatic heterocycles. The van der Waals surface area contributed by atoms with E-state index in [2.05, 4.69) is 50.0 Å². The molecule has 0 bridgehead atoms. The minimum atomic E-state index is 0.126. The van der Waals surface area contributed by atoms with Crippen LogP contribution in [0.3, 0.4) is 0 Å². The van der Waals surface area contributed by atoms with Gasteiger partial charge in [0.15, 0.2) is 0 Å². The van der Waals surface area contributed by atoms with Crippen LogP contribution in [0.1, 0.15) is 31.9 Å². The Hall–Kier alpha value is -2.29. The Morgan fingerprint density at radius 2 is 1.86 bits per heavy atom. The molecular formula is C19H22N2O. The van der Waals surface area contributed by atoms with E-state index in [-0.39, 0.29) is 5.41 Å². The van der Waals surface area contributed by atoms with Crippen LogP contribution >= 0.6 is 0 Å². The predicted octanol–water partition coefficient (Wildman–Crippen LogP) is 4.84. The fraction of sp³-hybridized carbons (Fsp3) is 0.316. The molecule has 0 atom stereocenters. The van der Waals surface area contributed by atoms with Crippen molar-refractivity contribution < 1.29 is 4.74 Å². The highest BCUT2D eigenvalue weighted by molar-refractivity contribution is 5.84. The third-order valence-corrected chi connectivity index (χ3v) is 4.08. The number of hydrogen-bond donors (Lipinski definition) is 1. The monoisotopic (exact) mass is 294 g/mol. The quantitative estimate of drug-likeness (QED) is 0.734. The molecule has 2 aromatic carbocycles. The first-order valence-electron chi connectivity index (χ1n) is 7.54. The second-order valence-corrected chi connectivity index (χ2v) is 6.71. The summed E-state index contributed by atoms with van der Waals surface area (Å²) >= 11 is 0. The van der Waals surface area contributed by atoms with Crippen molar-refractivity contribution in [3.8, 4) is 17.1 Å². The van der Waals surface area contributed by atoms with Crippen molar-refractivity contribution in [1.29, 1.82) is 0 Å². The fourth-order valence-corrected chi connectivity index (χ4v) is 2.68. The van der Waals surface area contributed by atoms with Crippen molar-refractivity contribution in [2.24, 2.45) is 0 Å². The number of rotatable bonds is 2. The van der Waals surface area contributed by atoms with Gasteiger partial charge >= 0.3 is 0 Å². The number of aromatic nitrogens is 2.